The molecule has 1 aliphatic rings. The van der Waals surface area contributed by atoms with E-state index in [0.29, 0.717) is 30.4 Å². The zero-order valence-electron chi connectivity index (χ0n) is 16.8. The van der Waals surface area contributed by atoms with E-state index in [-0.39, 0.29) is 35.1 Å². The first-order valence-corrected chi connectivity index (χ1v) is 10.8. The molecular formula is C23H27BrN2O3. The molecule has 154 valence electrons. The Balaban J connectivity index is 1.59. The van der Waals surface area contributed by atoms with Crippen LogP contribution in [0.15, 0.2) is 46.9 Å². The van der Waals surface area contributed by atoms with Gasteiger partial charge in [0, 0.05) is 19.1 Å². The summed E-state index contributed by atoms with van der Waals surface area (Å²) in [6.07, 6.45) is 2.17. The Morgan fingerprint density at radius 2 is 1.86 bits per heavy atom. The number of halogens is 1. The van der Waals surface area contributed by atoms with Gasteiger partial charge in [-0.2, -0.15) is 0 Å². The Morgan fingerprint density at radius 3 is 2.48 bits per heavy atom. The number of nitrogens with one attached hydrogen (secondary N) is 1. The van der Waals surface area contributed by atoms with E-state index in [9.17, 15) is 14.7 Å². The highest BCUT2D eigenvalue weighted by molar-refractivity contribution is 9.10. The average molecular weight is 459 g/mol. The number of carbonyl (C=O) groups is 2. The van der Waals surface area contributed by atoms with Crippen LogP contribution < -0.4 is 5.32 Å². The lowest BCUT2D eigenvalue weighted by atomic mass is 9.93. The first kappa shape index (κ1) is 21.4. The van der Waals surface area contributed by atoms with Crippen molar-refractivity contribution in [1.29, 1.82) is 0 Å². The molecule has 0 spiro atoms. The van der Waals surface area contributed by atoms with Crippen molar-refractivity contribution in [1.82, 2.24) is 10.2 Å². The smallest absolute Gasteiger partial charge is 0.255 e. The van der Waals surface area contributed by atoms with Crippen molar-refractivity contribution in [3.05, 3.63) is 63.6 Å². The fourth-order valence-electron chi connectivity index (χ4n) is 3.87. The van der Waals surface area contributed by atoms with Crippen LogP contribution in [0.4, 0.5) is 0 Å². The van der Waals surface area contributed by atoms with Crippen molar-refractivity contribution in [2.24, 2.45) is 0 Å². The van der Waals surface area contributed by atoms with Gasteiger partial charge in [0.25, 0.3) is 5.91 Å². The van der Waals surface area contributed by atoms with E-state index < -0.39 is 0 Å². The van der Waals surface area contributed by atoms with Gasteiger partial charge in [-0.3, -0.25) is 9.59 Å². The Kier molecular flexibility index (Phi) is 6.96. The van der Waals surface area contributed by atoms with E-state index in [0.717, 1.165) is 17.5 Å². The largest absolute Gasteiger partial charge is 0.506 e. The minimum Gasteiger partial charge on any atom is -0.506 e. The first-order chi connectivity index (χ1) is 13.9. The monoisotopic (exact) mass is 458 g/mol. The Labute approximate surface area is 180 Å². The number of aromatic hydroxyl groups is 1. The number of nitrogens with zero attached hydrogens (tertiary/aromatic N) is 1. The zero-order chi connectivity index (χ0) is 21.0. The number of phenolic OH excluding ortho intramolecular Hbond substituents is 1. The minimum absolute atomic E-state index is 0.0120. The van der Waals surface area contributed by atoms with E-state index in [1.807, 2.05) is 49.1 Å². The van der Waals surface area contributed by atoms with Gasteiger partial charge in [-0.1, -0.05) is 37.3 Å². The van der Waals surface area contributed by atoms with Crippen LogP contribution in [0.5, 0.6) is 5.75 Å². The molecule has 5 nitrogen and oxygen atoms in total. The number of aryl methyl sites for hydroxylation is 1. The maximum Gasteiger partial charge on any atom is 0.255 e. The summed E-state index contributed by atoms with van der Waals surface area (Å²) in [6, 6.07) is 13.3. The van der Waals surface area contributed by atoms with Crippen LogP contribution in [0.2, 0.25) is 0 Å². The van der Waals surface area contributed by atoms with Crippen molar-refractivity contribution in [2.45, 2.75) is 45.1 Å². The van der Waals surface area contributed by atoms with Gasteiger partial charge in [-0.25, -0.2) is 0 Å². The highest BCUT2D eigenvalue weighted by atomic mass is 79.9. The van der Waals surface area contributed by atoms with Crippen LogP contribution in [0, 0.1) is 6.92 Å². The van der Waals surface area contributed by atoms with Gasteiger partial charge >= 0.3 is 0 Å². The number of phenols is 1. The summed E-state index contributed by atoms with van der Waals surface area (Å²) in [7, 11) is 0. The third-order valence-electron chi connectivity index (χ3n) is 5.50. The quantitative estimate of drug-likeness (QED) is 0.698. The Bertz CT molecular complexity index is 877. The number of likely N-dealkylation sites (tertiary alicyclic amines) is 1. The van der Waals surface area contributed by atoms with E-state index in [4.69, 9.17) is 0 Å². The molecule has 1 fully saturated rings. The molecule has 0 radical (unpaired) electrons. The summed E-state index contributed by atoms with van der Waals surface area (Å²) in [6.45, 7) is 5.16. The molecule has 3 rings (SSSR count). The van der Waals surface area contributed by atoms with E-state index in [1.54, 1.807) is 12.1 Å². The van der Waals surface area contributed by atoms with Crippen molar-refractivity contribution < 1.29 is 14.7 Å². The average Bonchev–Trinajstić information content (AvgIpc) is 2.72. The lowest BCUT2D eigenvalue weighted by molar-refractivity contribution is -0.134. The van der Waals surface area contributed by atoms with Crippen LogP contribution in [0.3, 0.4) is 0 Å². The third kappa shape index (κ3) is 4.99. The van der Waals surface area contributed by atoms with Crippen LogP contribution >= 0.6 is 15.9 Å². The Morgan fingerprint density at radius 1 is 1.21 bits per heavy atom. The molecule has 1 aliphatic heterocycles. The summed E-state index contributed by atoms with van der Waals surface area (Å²) in [5, 5.41) is 13.2. The van der Waals surface area contributed by atoms with E-state index in [2.05, 4.69) is 21.2 Å². The summed E-state index contributed by atoms with van der Waals surface area (Å²) in [5.41, 5.74) is 2.22. The number of piperidine rings is 1. The molecule has 0 aromatic heterocycles. The molecule has 1 atom stereocenters. The molecule has 0 saturated carbocycles. The normalized spacial score (nSPS) is 15.8. The molecule has 2 aromatic carbocycles. The highest BCUT2D eigenvalue weighted by Gasteiger charge is 2.29. The van der Waals surface area contributed by atoms with Crippen LogP contribution in [0.25, 0.3) is 0 Å². The second-order valence-corrected chi connectivity index (χ2v) is 8.44. The van der Waals surface area contributed by atoms with Gasteiger partial charge < -0.3 is 15.3 Å². The number of hydrogen-bond donors (Lipinski definition) is 2. The van der Waals surface area contributed by atoms with Gasteiger partial charge in [-0.15, -0.1) is 0 Å². The van der Waals surface area contributed by atoms with Crippen molar-refractivity contribution in [3.8, 4) is 5.75 Å². The standard InChI is InChI=1S/C23H27BrN2O3/c1-3-18(16-7-5-4-6-8-16)23(29)26-11-9-17(10-12-26)25-22(28)19-13-15(2)14-20(24)21(19)27/h4-8,13-14,17-18,27H,3,9-12H2,1-2H3,(H,25,28). The molecule has 1 heterocycles. The number of carbonyl (C=O) groups excluding carboxylic acids is 2. The molecule has 6 heteroatoms. The fourth-order valence-corrected chi connectivity index (χ4v) is 4.45. The molecule has 0 bridgehead atoms. The number of benzene rings is 2. The second kappa shape index (κ2) is 9.44. The van der Waals surface area contributed by atoms with Crippen molar-refractivity contribution in [3.63, 3.8) is 0 Å². The topological polar surface area (TPSA) is 69.6 Å². The van der Waals surface area contributed by atoms with Crippen molar-refractivity contribution in [2.75, 3.05) is 13.1 Å². The summed E-state index contributed by atoms with van der Waals surface area (Å²) >= 11 is 3.28. The van der Waals surface area contributed by atoms with E-state index in [1.165, 1.54) is 0 Å². The summed E-state index contributed by atoms with van der Waals surface area (Å²) < 4.78 is 0.509. The number of rotatable bonds is 5. The summed E-state index contributed by atoms with van der Waals surface area (Å²) in [5.74, 6) is -0.297. The lowest BCUT2D eigenvalue weighted by Gasteiger charge is -2.34. The molecule has 2 N–H and O–H groups in total. The van der Waals surface area contributed by atoms with Crippen LogP contribution in [0.1, 0.15) is 53.6 Å². The first-order valence-electron chi connectivity index (χ1n) is 10.0. The SMILES string of the molecule is CCC(C(=O)N1CCC(NC(=O)c2cc(C)cc(Br)c2O)CC1)c1ccccc1. The minimum atomic E-state index is -0.285. The maximum atomic E-state index is 13.0. The third-order valence-corrected chi connectivity index (χ3v) is 6.11. The number of amides is 2. The number of hydrogen-bond acceptors (Lipinski definition) is 3. The lowest BCUT2D eigenvalue weighted by Crippen LogP contribution is -2.47. The molecular weight excluding hydrogens is 432 g/mol. The maximum absolute atomic E-state index is 13.0. The van der Waals surface area contributed by atoms with Crippen LogP contribution in [-0.2, 0) is 4.79 Å². The fraction of sp³-hybridized carbons (Fsp3) is 0.391. The highest BCUT2D eigenvalue weighted by Crippen LogP contribution is 2.30. The van der Waals surface area contributed by atoms with Gasteiger partial charge in [0.2, 0.25) is 5.91 Å². The predicted molar refractivity (Wildman–Crippen MR) is 117 cm³/mol. The molecule has 2 aromatic rings. The van der Waals surface area contributed by atoms with Gasteiger partial charge in [0.15, 0.2) is 0 Å². The Hall–Kier alpha value is -2.34. The molecule has 1 unspecified atom stereocenters. The molecule has 2 amide bonds. The predicted octanol–water partition coefficient (Wildman–Crippen LogP) is 4.38. The van der Waals surface area contributed by atoms with Gasteiger partial charge in [-0.05, 0) is 65.4 Å². The second-order valence-electron chi connectivity index (χ2n) is 7.59. The molecule has 0 aliphatic carbocycles. The zero-order valence-corrected chi connectivity index (χ0v) is 18.4. The molecule has 29 heavy (non-hydrogen) atoms. The van der Waals surface area contributed by atoms with E-state index >= 15 is 0 Å². The van der Waals surface area contributed by atoms with Crippen molar-refractivity contribution >= 4 is 27.7 Å². The molecule has 1 saturated heterocycles. The summed E-state index contributed by atoms with van der Waals surface area (Å²) in [4.78, 5) is 27.5. The van der Waals surface area contributed by atoms with Gasteiger partial charge in [0.1, 0.15) is 5.75 Å². The van der Waals surface area contributed by atoms with Crippen LogP contribution in [-0.4, -0.2) is 41.0 Å². The van der Waals surface area contributed by atoms with Gasteiger partial charge in [0.05, 0.1) is 16.0 Å².